The fourth-order valence-electron chi connectivity index (χ4n) is 1.92. The number of cyclic esters (lactones) is 1. The first kappa shape index (κ1) is 13.4. The number of ether oxygens (including phenoxy) is 1. The van der Waals surface area contributed by atoms with Crippen molar-refractivity contribution in [3.05, 3.63) is 29.8 Å². The lowest BCUT2D eigenvalue weighted by atomic mass is 10.2. The van der Waals surface area contributed by atoms with E-state index in [0.29, 0.717) is 12.2 Å². The lowest BCUT2D eigenvalue weighted by Crippen LogP contribution is -2.35. The Bertz CT molecular complexity index is 490. The first-order valence-corrected chi connectivity index (χ1v) is 6.10. The average molecular weight is 263 g/mol. The van der Waals surface area contributed by atoms with Crippen LogP contribution in [0.25, 0.3) is 0 Å². The minimum Gasteiger partial charge on any atom is -0.443 e. The van der Waals surface area contributed by atoms with Crippen LogP contribution in [0.4, 0.5) is 10.5 Å². The van der Waals surface area contributed by atoms with E-state index in [4.69, 9.17) is 10.5 Å². The molecule has 1 aliphatic heterocycles. The molecule has 1 aliphatic rings. The van der Waals surface area contributed by atoms with Gasteiger partial charge in [0, 0.05) is 12.2 Å². The Morgan fingerprint density at radius 1 is 1.58 bits per heavy atom. The Labute approximate surface area is 111 Å². The molecule has 2 amide bonds. The molecule has 0 aromatic heterocycles. The van der Waals surface area contributed by atoms with Crippen molar-refractivity contribution in [2.24, 2.45) is 5.73 Å². The van der Waals surface area contributed by atoms with Crippen molar-refractivity contribution in [2.75, 3.05) is 25.0 Å². The van der Waals surface area contributed by atoms with Crippen molar-refractivity contribution in [2.45, 2.75) is 13.0 Å². The molecule has 6 nitrogen and oxygen atoms in total. The van der Waals surface area contributed by atoms with Gasteiger partial charge in [0.15, 0.2) is 0 Å². The summed E-state index contributed by atoms with van der Waals surface area (Å²) in [5.74, 6) is -0.250. The van der Waals surface area contributed by atoms with E-state index < -0.39 is 6.09 Å². The van der Waals surface area contributed by atoms with E-state index in [9.17, 15) is 9.59 Å². The Hall–Kier alpha value is -2.08. The molecule has 1 atom stereocenters. The number of nitrogens with two attached hydrogens (primary N) is 1. The number of anilines is 1. The maximum Gasteiger partial charge on any atom is 0.410 e. The first-order valence-electron chi connectivity index (χ1n) is 6.10. The Morgan fingerprint density at radius 2 is 2.37 bits per heavy atom. The lowest BCUT2D eigenvalue weighted by Gasteiger charge is -2.12. The Morgan fingerprint density at radius 3 is 3.00 bits per heavy atom. The SMILES string of the molecule is Cc1cccc(NC(=O)CN2CC(CN)OC2=O)c1. The highest BCUT2D eigenvalue weighted by molar-refractivity contribution is 5.94. The highest BCUT2D eigenvalue weighted by Crippen LogP contribution is 2.12. The molecule has 0 saturated carbocycles. The smallest absolute Gasteiger partial charge is 0.410 e. The molecule has 1 unspecified atom stereocenters. The molecule has 1 saturated heterocycles. The van der Waals surface area contributed by atoms with Gasteiger partial charge in [0.1, 0.15) is 12.6 Å². The number of rotatable bonds is 4. The summed E-state index contributed by atoms with van der Waals surface area (Å²) in [6.07, 6.45) is -0.811. The number of benzene rings is 1. The number of aryl methyl sites for hydroxylation is 1. The molecule has 3 N–H and O–H groups in total. The van der Waals surface area contributed by atoms with Gasteiger partial charge in [-0.1, -0.05) is 12.1 Å². The molecule has 1 fully saturated rings. The summed E-state index contributed by atoms with van der Waals surface area (Å²) in [4.78, 5) is 24.6. The summed E-state index contributed by atoms with van der Waals surface area (Å²) < 4.78 is 4.98. The molecule has 2 rings (SSSR count). The van der Waals surface area contributed by atoms with Gasteiger partial charge >= 0.3 is 6.09 Å². The van der Waals surface area contributed by atoms with E-state index in [1.165, 1.54) is 4.90 Å². The summed E-state index contributed by atoms with van der Waals surface area (Å²) in [5, 5.41) is 2.74. The van der Waals surface area contributed by atoms with Crippen molar-refractivity contribution in [3.63, 3.8) is 0 Å². The molecule has 0 aliphatic carbocycles. The summed E-state index contributed by atoms with van der Waals surface area (Å²) >= 11 is 0. The van der Waals surface area contributed by atoms with Crippen LogP contribution in [0.3, 0.4) is 0 Å². The second-order valence-electron chi connectivity index (χ2n) is 4.54. The van der Waals surface area contributed by atoms with Gasteiger partial charge in [0.05, 0.1) is 6.54 Å². The summed E-state index contributed by atoms with van der Waals surface area (Å²) in [5.41, 5.74) is 7.20. The number of hydrogen-bond acceptors (Lipinski definition) is 4. The van der Waals surface area contributed by atoms with Crippen molar-refractivity contribution >= 4 is 17.7 Å². The predicted octanol–water partition coefficient (Wildman–Crippen LogP) is 0.713. The van der Waals surface area contributed by atoms with Crippen molar-refractivity contribution in [1.82, 2.24) is 4.90 Å². The number of hydrogen-bond donors (Lipinski definition) is 2. The van der Waals surface area contributed by atoms with E-state index in [0.717, 1.165) is 5.56 Å². The largest absolute Gasteiger partial charge is 0.443 e. The number of carbonyl (C=O) groups is 2. The molecular formula is C13H17N3O3. The number of amides is 2. The van der Waals surface area contributed by atoms with E-state index in [-0.39, 0.29) is 25.1 Å². The zero-order chi connectivity index (χ0) is 13.8. The van der Waals surface area contributed by atoms with Gasteiger partial charge in [0.25, 0.3) is 0 Å². The minimum atomic E-state index is -0.491. The van der Waals surface area contributed by atoms with E-state index in [2.05, 4.69) is 5.32 Å². The fraction of sp³-hybridized carbons (Fsp3) is 0.385. The molecule has 1 heterocycles. The Kier molecular flexibility index (Phi) is 4.01. The third-order valence-corrected chi connectivity index (χ3v) is 2.85. The number of nitrogens with zero attached hydrogens (tertiary/aromatic N) is 1. The van der Waals surface area contributed by atoms with Crippen LogP contribution in [0.1, 0.15) is 5.56 Å². The van der Waals surface area contributed by atoms with Crippen LogP contribution in [0.15, 0.2) is 24.3 Å². The van der Waals surface area contributed by atoms with Crippen LogP contribution in [-0.4, -0.2) is 42.6 Å². The molecule has 1 aromatic carbocycles. The van der Waals surface area contributed by atoms with E-state index >= 15 is 0 Å². The van der Waals surface area contributed by atoms with Gasteiger partial charge in [0.2, 0.25) is 5.91 Å². The fourth-order valence-corrected chi connectivity index (χ4v) is 1.92. The van der Waals surface area contributed by atoms with Crippen LogP contribution < -0.4 is 11.1 Å². The summed E-state index contributed by atoms with van der Waals surface area (Å²) in [6, 6.07) is 7.47. The third-order valence-electron chi connectivity index (χ3n) is 2.85. The van der Waals surface area contributed by atoms with Crippen LogP contribution in [0.5, 0.6) is 0 Å². The molecule has 102 valence electrons. The number of carbonyl (C=O) groups excluding carboxylic acids is 2. The second-order valence-corrected chi connectivity index (χ2v) is 4.54. The van der Waals surface area contributed by atoms with Gasteiger partial charge in [-0.05, 0) is 24.6 Å². The molecule has 0 radical (unpaired) electrons. The van der Waals surface area contributed by atoms with Gasteiger partial charge in [-0.25, -0.2) is 4.79 Å². The highest BCUT2D eigenvalue weighted by atomic mass is 16.6. The number of nitrogens with one attached hydrogen (secondary N) is 1. The molecule has 0 spiro atoms. The Balaban J connectivity index is 1.90. The topological polar surface area (TPSA) is 84.7 Å². The van der Waals surface area contributed by atoms with E-state index in [1.807, 2.05) is 25.1 Å². The quantitative estimate of drug-likeness (QED) is 0.838. The molecule has 6 heteroatoms. The van der Waals surface area contributed by atoms with Gasteiger partial charge in [-0.2, -0.15) is 0 Å². The van der Waals surface area contributed by atoms with Crippen LogP contribution in [-0.2, 0) is 9.53 Å². The van der Waals surface area contributed by atoms with Gasteiger partial charge in [-0.15, -0.1) is 0 Å². The predicted molar refractivity (Wildman–Crippen MR) is 70.7 cm³/mol. The molecule has 1 aromatic rings. The lowest BCUT2D eigenvalue weighted by molar-refractivity contribution is -0.116. The van der Waals surface area contributed by atoms with Gasteiger partial charge < -0.3 is 15.8 Å². The highest BCUT2D eigenvalue weighted by Gasteiger charge is 2.31. The van der Waals surface area contributed by atoms with E-state index in [1.54, 1.807) is 6.07 Å². The minimum absolute atomic E-state index is 0.0245. The average Bonchev–Trinajstić information content (AvgIpc) is 2.70. The zero-order valence-corrected chi connectivity index (χ0v) is 10.8. The summed E-state index contributed by atoms with van der Waals surface area (Å²) in [7, 11) is 0. The van der Waals surface area contributed by atoms with Crippen LogP contribution in [0.2, 0.25) is 0 Å². The van der Waals surface area contributed by atoms with Crippen molar-refractivity contribution in [3.8, 4) is 0 Å². The zero-order valence-electron chi connectivity index (χ0n) is 10.8. The molecular weight excluding hydrogens is 246 g/mol. The van der Waals surface area contributed by atoms with Crippen molar-refractivity contribution in [1.29, 1.82) is 0 Å². The van der Waals surface area contributed by atoms with Gasteiger partial charge in [-0.3, -0.25) is 9.69 Å². The first-order chi connectivity index (χ1) is 9.08. The third kappa shape index (κ3) is 3.45. The molecule has 19 heavy (non-hydrogen) atoms. The second kappa shape index (κ2) is 5.71. The maximum absolute atomic E-state index is 11.8. The van der Waals surface area contributed by atoms with Crippen LogP contribution in [0, 0.1) is 6.92 Å². The summed E-state index contributed by atoms with van der Waals surface area (Å²) in [6.45, 7) is 2.54. The maximum atomic E-state index is 11.8. The van der Waals surface area contributed by atoms with Crippen molar-refractivity contribution < 1.29 is 14.3 Å². The standard InChI is InChI=1S/C13H17N3O3/c1-9-3-2-4-10(5-9)15-12(17)8-16-7-11(6-14)19-13(16)18/h2-5,11H,6-8,14H2,1H3,(H,15,17). The normalized spacial score (nSPS) is 18.3. The monoisotopic (exact) mass is 263 g/mol. The van der Waals surface area contributed by atoms with Crippen LogP contribution >= 0.6 is 0 Å². The molecule has 0 bridgehead atoms.